The van der Waals surface area contributed by atoms with E-state index in [4.69, 9.17) is 18.6 Å². The molecule has 0 unspecified atom stereocenters. The molecule has 0 N–H and O–H groups in total. The van der Waals surface area contributed by atoms with Gasteiger partial charge in [0, 0.05) is 14.1 Å². The molecule has 2 aromatic rings. The molecule has 0 amide bonds. The van der Waals surface area contributed by atoms with Gasteiger partial charge in [0.1, 0.15) is 10.2 Å². The summed E-state index contributed by atoms with van der Waals surface area (Å²) in [7, 11) is 3.30. The van der Waals surface area contributed by atoms with E-state index in [0.717, 1.165) is 5.52 Å². The van der Waals surface area contributed by atoms with E-state index < -0.39 is 0 Å². The molecule has 6 heteroatoms. The summed E-state index contributed by atoms with van der Waals surface area (Å²) in [6, 6.07) is 0. The van der Waals surface area contributed by atoms with Crippen molar-refractivity contribution in [1.29, 1.82) is 0 Å². The number of nitrogens with zero attached hydrogens (tertiary/aromatic N) is 4. The quantitative estimate of drug-likeness (QED) is 0.531. The van der Waals surface area contributed by atoms with Crippen LogP contribution in [-0.4, -0.2) is 18.7 Å². The molecule has 0 saturated carbocycles. The fourth-order valence-corrected chi connectivity index (χ4v) is 1.90. The van der Waals surface area contributed by atoms with Crippen molar-refractivity contribution in [2.75, 3.05) is 0 Å². The van der Waals surface area contributed by atoms with Crippen molar-refractivity contribution in [3.05, 3.63) is 21.5 Å². The Hall–Kier alpha value is -1.87. The van der Waals surface area contributed by atoms with E-state index in [0.29, 0.717) is 16.8 Å². The van der Waals surface area contributed by atoms with E-state index in [-0.39, 0.29) is 5.69 Å². The second-order valence-corrected chi connectivity index (χ2v) is 3.84. The van der Waals surface area contributed by atoms with E-state index in [2.05, 4.69) is 10.9 Å². The van der Waals surface area contributed by atoms with E-state index in [1.165, 1.54) is 9.13 Å². The molecule has 0 aliphatic carbocycles. The van der Waals surface area contributed by atoms with Crippen molar-refractivity contribution in [3.8, 4) is 12.3 Å². The first-order valence-corrected chi connectivity index (χ1v) is 5.03. The van der Waals surface area contributed by atoms with Crippen LogP contribution in [0.1, 0.15) is 0 Å². The number of rotatable bonds is 1. The highest BCUT2D eigenvalue weighted by Gasteiger charge is 2.10. The largest absolute Gasteiger partial charge is 0.330 e. The maximum absolute atomic E-state index is 11.7. The van der Waals surface area contributed by atoms with Crippen LogP contribution >= 0.6 is 12.2 Å². The van der Waals surface area contributed by atoms with Crippen LogP contribution < -0.4 is 5.69 Å². The molecule has 16 heavy (non-hydrogen) atoms. The molecule has 0 aliphatic heterocycles. The fourth-order valence-electron chi connectivity index (χ4n) is 1.62. The number of imidazole rings is 1. The summed E-state index contributed by atoms with van der Waals surface area (Å²) in [5.74, 6) is 2.52. The lowest BCUT2D eigenvalue weighted by Gasteiger charge is -2.05. The predicted molar refractivity (Wildman–Crippen MR) is 63.6 cm³/mol. The summed E-state index contributed by atoms with van der Waals surface area (Å²) in [4.78, 5) is 15.9. The van der Waals surface area contributed by atoms with Gasteiger partial charge in [0.2, 0.25) is 0 Å². The van der Waals surface area contributed by atoms with E-state index in [9.17, 15) is 4.79 Å². The third-order valence-electron chi connectivity index (χ3n) is 2.48. The topological polar surface area (TPSA) is 44.8 Å². The summed E-state index contributed by atoms with van der Waals surface area (Å²) < 4.78 is 5.08. The van der Waals surface area contributed by atoms with Gasteiger partial charge in [-0.15, -0.1) is 6.42 Å². The smallest absolute Gasteiger partial charge is 0.315 e. The number of hydrogen-bond donors (Lipinski definition) is 0. The molecule has 0 aromatic carbocycles. The lowest BCUT2D eigenvalue weighted by molar-refractivity contribution is 0.717. The predicted octanol–water partition coefficient (Wildman–Crippen LogP) is 0.436. The van der Waals surface area contributed by atoms with Gasteiger partial charge in [-0.05, 0) is 0 Å². The second kappa shape index (κ2) is 3.61. The standard InChI is InChI=1S/C10H10N4OS/c1-4-5-14-6-11-8-7(14)9(16)13(3)10(15)12(8)2/h1,6H,5H2,2-3H3. The first-order valence-electron chi connectivity index (χ1n) is 4.62. The normalized spacial score (nSPS) is 10.6. The first kappa shape index (κ1) is 10.6. The van der Waals surface area contributed by atoms with Gasteiger partial charge in [-0.3, -0.25) is 9.13 Å². The van der Waals surface area contributed by atoms with Crippen LogP contribution in [0.5, 0.6) is 0 Å². The van der Waals surface area contributed by atoms with Gasteiger partial charge >= 0.3 is 5.69 Å². The maximum Gasteiger partial charge on any atom is 0.330 e. The second-order valence-electron chi connectivity index (χ2n) is 3.45. The zero-order valence-electron chi connectivity index (χ0n) is 8.97. The number of terminal acetylenes is 1. The van der Waals surface area contributed by atoms with Crippen LogP contribution in [0.25, 0.3) is 11.2 Å². The fraction of sp³-hybridized carbons (Fsp3) is 0.300. The zero-order valence-corrected chi connectivity index (χ0v) is 9.78. The van der Waals surface area contributed by atoms with Crippen LogP contribution in [-0.2, 0) is 20.6 Å². The third kappa shape index (κ3) is 1.29. The molecular weight excluding hydrogens is 224 g/mol. The molecule has 2 heterocycles. The molecule has 5 nitrogen and oxygen atoms in total. The maximum atomic E-state index is 11.7. The van der Waals surface area contributed by atoms with Crippen molar-refractivity contribution in [2.24, 2.45) is 14.1 Å². The number of aryl methyl sites for hydroxylation is 1. The lowest BCUT2D eigenvalue weighted by atomic mass is 10.5. The molecule has 0 aliphatic rings. The summed E-state index contributed by atoms with van der Waals surface area (Å²) in [5, 5.41) is 0. The highest BCUT2D eigenvalue weighted by molar-refractivity contribution is 7.71. The van der Waals surface area contributed by atoms with Crippen LogP contribution in [0, 0.1) is 17.0 Å². The molecule has 2 rings (SSSR count). The minimum atomic E-state index is -0.191. The molecule has 0 fully saturated rings. The van der Waals surface area contributed by atoms with E-state index in [1.54, 1.807) is 25.0 Å². The van der Waals surface area contributed by atoms with Gasteiger partial charge < -0.3 is 4.57 Å². The number of fused-ring (bicyclic) bond motifs is 1. The van der Waals surface area contributed by atoms with Crippen molar-refractivity contribution < 1.29 is 0 Å². The third-order valence-corrected chi connectivity index (χ3v) is 2.95. The van der Waals surface area contributed by atoms with Gasteiger partial charge in [0.25, 0.3) is 0 Å². The monoisotopic (exact) mass is 234 g/mol. The summed E-state index contributed by atoms with van der Waals surface area (Å²) in [6.45, 7) is 0.387. The summed E-state index contributed by atoms with van der Waals surface area (Å²) in [5.41, 5.74) is 1.09. The molecule has 0 radical (unpaired) electrons. The zero-order chi connectivity index (χ0) is 11.9. The molecule has 82 valence electrons. The van der Waals surface area contributed by atoms with Crippen molar-refractivity contribution in [2.45, 2.75) is 6.54 Å². The Morgan fingerprint density at radius 3 is 2.81 bits per heavy atom. The molecular formula is C10H10N4OS. The summed E-state index contributed by atoms with van der Waals surface area (Å²) >= 11 is 5.22. The Balaban J connectivity index is 3.02. The van der Waals surface area contributed by atoms with Crippen LogP contribution in [0.4, 0.5) is 0 Å². The average molecular weight is 234 g/mol. The Kier molecular flexibility index (Phi) is 2.40. The van der Waals surface area contributed by atoms with Gasteiger partial charge in [0.05, 0.1) is 12.9 Å². The van der Waals surface area contributed by atoms with Crippen LogP contribution in [0.15, 0.2) is 11.1 Å². The number of aromatic nitrogens is 4. The highest BCUT2D eigenvalue weighted by atomic mass is 32.1. The Morgan fingerprint density at radius 1 is 1.50 bits per heavy atom. The molecule has 0 spiro atoms. The highest BCUT2D eigenvalue weighted by Crippen LogP contribution is 2.11. The Bertz CT molecular complexity index is 713. The van der Waals surface area contributed by atoms with Gasteiger partial charge in [0.15, 0.2) is 5.65 Å². The van der Waals surface area contributed by atoms with Crippen molar-refractivity contribution in [1.82, 2.24) is 18.7 Å². The molecule has 0 atom stereocenters. The van der Waals surface area contributed by atoms with Crippen LogP contribution in [0.3, 0.4) is 0 Å². The Labute approximate surface area is 97.0 Å². The van der Waals surface area contributed by atoms with Crippen molar-refractivity contribution >= 4 is 23.4 Å². The van der Waals surface area contributed by atoms with E-state index >= 15 is 0 Å². The van der Waals surface area contributed by atoms with E-state index in [1.807, 2.05) is 0 Å². The minimum Gasteiger partial charge on any atom is -0.315 e. The van der Waals surface area contributed by atoms with Crippen LogP contribution in [0.2, 0.25) is 0 Å². The molecule has 2 aromatic heterocycles. The minimum absolute atomic E-state index is 0.191. The molecule has 0 bridgehead atoms. The summed E-state index contributed by atoms with van der Waals surface area (Å²) in [6.07, 6.45) is 6.86. The Morgan fingerprint density at radius 2 is 2.19 bits per heavy atom. The van der Waals surface area contributed by atoms with Crippen molar-refractivity contribution in [3.63, 3.8) is 0 Å². The number of hydrogen-bond acceptors (Lipinski definition) is 3. The van der Waals surface area contributed by atoms with Gasteiger partial charge in [-0.1, -0.05) is 18.1 Å². The average Bonchev–Trinajstić information content (AvgIpc) is 2.68. The first-order chi connectivity index (χ1) is 7.57. The van der Waals surface area contributed by atoms with Gasteiger partial charge in [-0.2, -0.15) is 0 Å². The lowest BCUT2D eigenvalue weighted by Crippen LogP contribution is -2.28. The SMILES string of the molecule is C#CCn1cnc2c1c(=S)n(C)c(=O)n2C. The van der Waals surface area contributed by atoms with Gasteiger partial charge in [-0.25, -0.2) is 9.78 Å². The molecule has 0 saturated heterocycles.